The van der Waals surface area contributed by atoms with E-state index in [1.165, 1.54) is 87.6 Å². The smallest absolute Gasteiger partial charge is 0.135 e. The lowest BCUT2D eigenvalue weighted by atomic mass is 9.84. The molecule has 0 aliphatic heterocycles. The number of fused-ring (bicyclic) bond motifs is 7. The van der Waals surface area contributed by atoms with E-state index in [0.29, 0.717) is 0 Å². The van der Waals surface area contributed by atoms with Gasteiger partial charge in [-0.3, -0.25) is 0 Å². The largest absolute Gasteiger partial charge is 0.456 e. The Bertz CT molecular complexity index is 3210. The maximum absolute atomic E-state index is 6.26. The Labute approximate surface area is 307 Å². The van der Waals surface area contributed by atoms with Crippen molar-refractivity contribution >= 4 is 65.0 Å². The Balaban J connectivity index is 1.18. The van der Waals surface area contributed by atoms with Crippen LogP contribution in [0.15, 0.2) is 199 Å². The molecule has 0 radical (unpaired) electrons. The topological polar surface area (TPSA) is 13.1 Å². The van der Waals surface area contributed by atoms with Gasteiger partial charge >= 0.3 is 0 Å². The number of hydrogen-bond donors (Lipinski definition) is 0. The molecule has 0 bridgehead atoms. The Kier molecular flexibility index (Phi) is 6.62. The molecule has 0 atom stereocenters. The predicted molar refractivity (Wildman–Crippen MR) is 225 cm³/mol. The van der Waals surface area contributed by atoms with Crippen molar-refractivity contribution < 1.29 is 4.42 Å². The summed E-state index contributed by atoms with van der Waals surface area (Å²) in [7, 11) is 0. The fraction of sp³-hybridized carbons (Fsp3) is 0. The summed E-state index contributed by atoms with van der Waals surface area (Å²) in [5.41, 5.74) is 11.6. The van der Waals surface area contributed by atoms with Crippen molar-refractivity contribution in [3.8, 4) is 44.5 Å². The van der Waals surface area contributed by atoms with Crippen LogP contribution in [0.5, 0.6) is 0 Å². The van der Waals surface area contributed by atoms with Gasteiger partial charge in [0.1, 0.15) is 11.2 Å². The highest BCUT2D eigenvalue weighted by molar-refractivity contribution is 6.23. The SMILES string of the molecule is c1ccc2cc(-c3ccc4c(-c5ccc6oc7ccccc7c6c5)c5ccccc5c(-c5ccc(-c6cccc7ccccc67)cc5)c4c3)ccc2c1. The van der Waals surface area contributed by atoms with E-state index in [1.54, 1.807) is 0 Å². The van der Waals surface area contributed by atoms with E-state index in [0.717, 1.165) is 21.9 Å². The molecule has 0 spiro atoms. The molecule has 1 heteroatoms. The van der Waals surface area contributed by atoms with Crippen LogP contribution in [0.1, 0.15) is 0 Å². The fourth-order valence-electron chi connectivity index (χ4n) is 8.52. The summed E-state index contributed by atoms with van der Waals surface area (Å²) in [6.07, 6.45) is 0. The normalized spacial score (nSPS) is 11.8. The minimum atomic E-state index is 0.907. The first-order valence-electron chi connectivity index (χ1n) is 18.2. The molecule has 10 aromatic carbocycles. The van der Waals surface area contributed by atoms with Gasteiger partial charge in [0.25, 0.3) is 0 Å². The van der Waals surface area contributed by atoms with Crippen LogP contribution in [-0.4, -0.2) is 0 Å². The van der Waals surface area contributed by atoms with Gasteiger partial charge in [-0.1, -0.05) is 164 Å². The monoisotopic (exact) mass is 672 g/mol. The summed E-state index contributed by atoms with van der Waals surface area (Å²) in [4.78, 5) is 0. The highest BCUT2D eigenvalue weighted by Crippen LogP contribution is 2.46. The molecular weight excluding hydrogens is 641 g/mol. The average molecular weight is 673 g/mol. The standard InChI is InChI=1S/C52H32O/c1-2-12-37-30-38(25-20-33(37)10-1)39-26-28-46-48(31-39)51(36-23-21-35(22-24-36)42-18-9-13-34-11-3-4-14-41(34)42)44-16-5-6-17-45(44)52(46)40-27-29-50-47(32-40)43-15-7-8-19-49(43)53-50/h1-32H. The van der Waals surface area contributed by atoms with Crippen LogP contribution < -0.4 is 0 Å². The minimum absolute atomic E-state index is 0.907. The molecule has 246 valence electrons. The Morgan fingerprint density at radius 3 is 1.60 bits per heavy atom. The Hall–Kier alpha value is -6.96. The van der Waals surface area contributed by atoms with Gasteiger partial charge < -0.3 is 4.42 Å². The number of benzene rings is 10. The number of para-hydroxylation sites is 1. The van der Waals surface area contributed by atoms with Crippen LogP contribution in [0.4, 0.5) is 0 Å². The van der Waals surface area contributed by atoms with E-state index in [9.17, 15) is 0 Å². The van der Waals surface area contributed by atoms with Crippen LogP contribution >= 0.6 is 0 Å². The Morgan fingerprint density at radius 1 is 0.245 bits per heavy atom. The highest BCUT2D eigenvalue weighted by atomic mass is 16.3. The van der Waals surface area contributed by atoms with E-state index in [-0.39, 0.29) is 0 Å². The van der Waals surface area contributed by atoms with Gasteiger partial charge in [0.2, 0.25) is 0 Å². The fourth-order valence-corrected chi connectivity index (χ4v) is 8.52. The second kappa shape index (κ2) is 11.8. The second-order valence-electron chi connectivity index (χ2n) is 14.0. The molecule has 1 nitrogen and oxygen atoms in total. The van der Waals surface area contributed by atoms with E-state index >= 15 is 0 Å². The zero-order valence-corrected chi connectivity index (χ0v) is 28.9. The van der Waals surface area contributed by atoms with Crippen molar-refractivity contribution in [3.05, 3.63) is 194 Å². The summed E-state index contributed by atoms with van der Waals surface area (Å²) in [6, 6.07) is 70.8. The quantitative estimate of drug-likeness (QED) is 0.170. The number of rotatable bonds is 4. The van der Waals surface area contributed by atoms with Gasteiger partial charge in [-0.2, -0.15) is 0 Å². The molecule has 1 aromatic heterocycles. The average Bonchev–Trinajstić information content (AvgIpc) is 3.60. The van der Waals surface area contributed by atoms with E-state index in [1.807, 2.05) is 6.07 Å². The third-order valence-electron chi connectivity index (χ3n) is 11.0. The van der Waals surface area contributed by atoms with Crippen molar-refractivity contribution in [2.45, 2.75) is 0 Å². The lowest BCUT2D eigenvalue weighted by molar-refractivity contribution is 0.669. The molecule has 0 amide bonds. The highest BCUT2D eigenvalue weighted by Gasteiger charge is 2.19. The van der Waals surface area contributed by atoms with Gasteiger partial charge in [0.05, 0.1) is 0 Å². The molecular formula is C52H32O. The molecule has 0 saturated heterocycles. The Morgan fingerprint density at radius 2 is 0.774 bits per heavy atom. The first kappa shape index (κ1) is 29.7. The second-order valence-corrected chi connectivity index (χ2v) is 14.0. The van der Waals surface area contributed by atoms with Gasteiger partial charge in [-0.25, -0.2) is 0 Å². The van der Waals surface area contributed by atoms with Crippen molar-refractivity contribution in [2.24, 2.45) is 0 Å². The molecule has 0 fully saturated rings. The molecule has 11 aromatic rings. The summed E-state index contributed by atoms with van der Waals surface area (Å²) >= 11 is 0. The van der Waals surface area contributed by atoms with Gasteiger partial charge in [0.15, 0.2) is 0 Å². The first-order chi connectivity index (χ1) is 26.3. The van der Waals surface area contributed by atoms with Crippen molar-refractivity contribution in [1.29, 1.82) is 0 Å². The predicted octanol–water partition coefficient (Wildman–Crippen LogP) is 14.9. The molecule has 0 N–H and O–H groups in total. The van der Waals surface area contributed by atoms with Crippen molar-refractivity contribution in [1.82, 2.24) is 0 Å². The van der Waals surface area contributed by atoms with Crippen LogP contribution in [0.2, 0.25) is 0 Å². The first-order valence-corrected chi connectivity index (χ1v) is 18.2. The molecule has 0 aliphatic carbocycles. The molecule has 0 unspecified atom stereocenters. The summed E-state index contributed by atoms with van der Waals surface area (Å²) in [6.45, 7) is 0. The molecule has 0 saturated carbocycles. The van der Waals surface area contributed by atoms with Crippen LogP contribution in [0.3, 0.4) is 0 Å². The van der Waals surface area contributed by atoms with E-state index in [2.05, 4.69) is 188 Å². The van der Waals surface area contributed by atoms with Crippen LogP contribution in [-0.2, 0) is 0 Å². The third kappa shape index (κ3) is 4.79. The van der Waals surface area contributed by atoms with Crippen LogP contribution in [0.25, 0.3) is 110 Å². The molecule has 0 aliphatic rings. The van der Waals surface area contributed by atoms with E-state index in [4.69, 9.17) is 4.42 Å². The zero-order valence-electron chi connectivity index (χ0n) is 28.9. The third-order valence-corrected chi connectivity index (χ3v) is 11.0. The molecule has 1 heterocycles. The minimum Gasteiger partial charge on any atom is -0.456 e. The molecule has 11 rings (SSSR count). The maximum Gasteiger partial charge on any atom is 0.135 e. The lowest BCUT2D eigenvalue weighted by Crippen LogP contribution is -1.92. The van der Waals surface area contributed by atoms with Crippen molar-refractivity contribution in [2.75, 3.05) is 0 Å². The summed E-state index contributed by atoms with van der Waals surface area (Å²) in [5, 5.41) is 12.2. The summed E-state index contributed by atoms with van der Waals surface area (Å²) in [5.74, 6) is 0. The number of furan rings is 1. The lowest BCUT2D eigenvalue weighted by Gasteiger charge is -2.19. The van der Waals surface area contributed by atoms with E-state index < -0.39 is 0 Å². The number of hydrogen-bond acceptors (Lipinski definition) is 1. The van der Waals surface area contributed by atoms with Crippen LogP contribution in [0, 0.1) is 0 Å². The zero-order chi connectivity index (χ0) is 34.9. The summed E-state index contributed by atoms with van der Waals surface area (Å²) < 4.78 is 6.26. The van der Waals surface area contributed by atoms with Gasteiger partial charge in [0, 0.05) is 10.8 Å². The maximum atomic E-state index is 6.26. The van der Waals surface area contributed by atoms with Crippen molar-refractivity contribution in [3.63, 3.8) is 0 Å². The van der Waals surface area contributed by atoms with Gasteiger partial charge in [-0.15, -0.1) is 0 Å². The molecule has 53 heavy (non-hydrogen) atoms. The van der Waals surface area contributed by atoms with Gasteiger partial charge in [-0.05, 0) is 118 Å².